The number of rotatable bonds is 3. The third-order valence-electron chi connectivity index (χ3n) is 2.66. The Balaban J connectivity index is 2.06. The zero-order valence-electron chi connectivity index (χ0n) is 8.84. The summed E-state index contributed by atoms with van der Waals surface area (Å²) >= 11 is 0. The summed E-state index contributed by atoms with van der Waals surface area (Å²) in [4.78, 5) is 18.7. The molecule has 1 saturated carbocycles. The van der Waals surface area contributed by atoms with E-state index in [-0.39, 0.29) is 17.7 Å². The van der Waals surface area contributed by atoms with E-state index in [9.17, 15) is 4.79 Å². The molecule has 6 heteroatoms. The van der Waals surface area contributed by atoms with Gasteiger partial charge in [-0.1, -0.05) is 0 Å². The molecule has 1 aliphatic rings. The van der Waals surface area contributed by atoms with Gasteiger partial charge in [-0.15, -0.1) is 0 Å². The van der Waals surface area contributed by atoms with Crippen LogP contribution in [0.2, 0.25) is 0 Å². The van der Waals surface area contributed by atoms with Crippen LogP contribution >= 0.6 is 0 Å². The molecule has 0 spiro atoms. The van der Waals surface area contributed by atoms with E-state index < -0.39 is 5.97 Å². The second-order valence-corrected chi connectivity index (χ2v) is 3.96. The Kier molecular flexibility index (Phi) is 2.74. The van der Waals surface area contributed by atoms with E-state index in [1.54, 1.807) is 6.92 Å². The number of aromatic nitrogens is 2. The number of nitrogens with zero attached hydrogens (tertiary/aromatic N) is 2. The summed E-state index contributed by atoms with van der Waals surface area (Å²) in [7, 11) is 0. The fourth-order valence-electron chi connectivity index (χ4n) is 1.63. The van der Waals surface area contributed by atoms with Gasteiger partial charge in [-0.05, 0) is 19.8 Å². The number of aliphatic hydroxyl groups excluding tert-OH is 1. The van der Waals surface area contributed by atoms with Crippen LogP contribution in [-0.2, 0) is 0 Å². The number of anilines is 1. The van der Waals surface area contributed by atoms with Crippen molar-refractivity contribution >= 4 is 11.9 Å². The zero-order valence-corrected chi connectivity index (χ0v) is 8.84. The van der Waals surface area contributed by atoms with E-state index in [1.807, 2.05) is 0 Å². The SMILES string of the molecule is Cc1nc(NC2CC(O)C2)ncc1C(=O)O. The third-order valence-corrected chi connectivity index (χ3v) is 2.66. The minimum Gasteiger partial charge on any atom is -0.478 e. The third kappa shape index (κ3) is 2.11. The van der Waals surface area contributed by atoms with Crippen LogP contribution in [0.1, 0.15) is 28.9 Å². The minimum atomic E-state index is -1.02. The van der Waals surface area contributed by atoms with Crippen molar-refractivity contribution in [2.24, 2.45) is 0 Å². The fourth-order valence-corrected chi connectivity index (χ4v) is 1.63. The first-order valence-electron chi connectivity index (χ1n) is 5.08. The van der Waals surface area contributed by atoms with E-state index >= 15 is 0 Å². The molecule has 2 rings (SSSR count). The van der Waals surface area contributed by atoms with Crippen molar-refractivity contribution in [2.75, 3.05) is 5.32 Å². The van der Waals surface area contributed by atoms with Crippen LogP contribution in [0.4, 0.5) is 5.95 Å². The molecule has 1 aliphatic carbocycles. The Labute approximate surface area is 92.4 Å². The molecule has 1 fully saturated rings. The van der Waals surface area contributed by atoms with E-state index in [1.165, 1.54) is 6.20 Å². The average molecular weight is 223 g/mol. The highest BCUT2D eigenvalue weighted by molar-refractivity contribution is 5.88. The Morgan fingerprint density at radius 1 is 1.56 bits per heavy atom. The highest BCUT2D eigenvalue weighted by Gasteiger charge is 2.27. The molecule has 0 saturated heterocycles. The van der Waals surface area contributed by atoms with Gasteiger partial charge in [0.05, 0.1) is 17.4 Å². The lowest BCUT2D eigenvalue weighted by Gasteiger charge is -2.31. The van der Waals surface area contributed by atoms with Gasteiger partial charge in [-0.2, -0.15) is 0 Å². The van der Waals surface area contributed by atoms with Gasteiger partial charge in [-0.25, -0.2) is 14.8 Å². The number of nitrogens with one attached hydrogen (secondary N) is 1. The summed E-state index contributed by atoms with van der Waals surface area (Å²) in [5, 5.41) is 20.9. The lowest BCUT2D eigenvalue weighted by atomic mass is 9.90. The lowest BCUT2D eigenvalue weighted by Crippen LogP contribution is -2.39. The number of carboxylic acid groups (broad SMARTS) is 1. The van der Waals surface area contributed by atoms with Crippen molar-refractivity contribution in [3.63, 3.8) is 0 Å². The monoisotopic (exact) mass is 223 g/mol. The van der Waals surface area contributed by atoms with Gasteiger partial charge in [0.2, 0.25) is 5.95 Å². The molecule has 16 heavy (non-hydrogen) atoms. The molecule has 0 amide bonds. The first-order valence-corrected chi connectivity index (χ1v) is 5.08. The second-order valence-electron chi connectivity index (χ2n) is 3.96. The van der Waals surface area contributed by atoms with Crippen molar-refractivity contribution in [1.29, 1.82) is 0 Å². The molecule has 0 radical (unpaired) electrons. The minimum absolute atomic E-state index is 0.110. The molecule has 3 N–H and O–H groups in total. The molecule has 0 aliphatic heterocycles. The molecule has 0 aromatic carbocycles. The van der Waals surface area contributed by atoms with E-state index in [0.29, 0.717) is 24.5 Å². The molecule has 1 heterocycles. The molecule has 0 bridgehead atoms. The second kappa shape index (κ2) is 4.05. The number of carbonyl (C=O) groups is 1. The zero-order chi connectivity index (χ0) is 11.7. The number of aliphatic hydroxyl groups is 1. The predicted molar refractivity (Wildman–Crippen MR) is 56.4 cm³/mol. The summed E-state index contributed by atoms with van der Waals surface area (Å²) in [6.45, 7) is 1.63. The number of aromatic carboxylic acids is 1. The molecule has 1 aromatic heterocycles. The molecule has 0 unspecified atom stereocenters. The van der Waals surface area contributed by atoms with Gasteiger partial charge in [-0.3, -0.25) is 0 Å². The van der Waals surface area contributed by atoms with E-state index in [4.69, 9.17) is 10.2 Å². The van der Waals surface area contributed by atoms with Crippen LogP contribution in [0.25, 0.3) is 0 Å². The standard InChI is InChI=1S/C10H13N3O3/c1-5-8(9(15)16)4-11-10(12-5)13-6-2-7(14)3-6/h4,6-7,14H,2-3H2,1H3,(H,15,16)(H,11,12,13). The quantitative estimate of drug-likeness (QED) is 0.687. The van der Waals surface area contributed by atoms with Crippen LogP contribution in [0.5, 0.6) is 0 Å². The summed E-state index contributed by atoms with van der Waals surface area (Å²) < 4.78 is 0. The van der Waals surface area contributed by atoms with Gasteiger partial charge < -0.3 is 15.5 Å². The Morgan fingerprint density at radius 2 is 2.25 bits per heavy atom. The average Bonchev–Trinajstić information content (AvgIpc) is 2.15. The largest absolute Gasteiger partial charge is 0.478 e. The molecular weight excluding hydrogens is 210 g/mol. The summed E-state index contributed by atoms with van der Waals surface area (Å²) in [6, 6.07) is 0.185. The fraction of sp³-hybridized carbons (Fsp3) is 0.500. The summed E-state index contributed by atoms with van der Waals surface area (Å²) in [5.74, 6) is -0.609. The first kappa shape index (κ1) is 10.8. The van der Waals surface area contributed by atoms with Crippen LogP contribution < -0.4 is 5.32 Å². The van der Waals surface area contributed by atoms with Crippen LogP contribution in [0.3, 0.4) is 0 Å². The van der Waals surface area contributed by atoms with Gasteiger partial charge in [0, 0.05) is 12.2 Å². The molecule has 6 nitrogen and oxygen atoms in total. The topological polar surface area (TPSA) is 95.3 Å². The van der Waals surface area contributed by atoms with Crippen LogP contribution in [0.15, 0.2) is 6.20 Å². The molecule has 0 atom stereocenters. The Hall–Kier alpha value is -1.69. The van der Waals surface area contributed by atoms with Gasteiger partial charge >= 0.3 is 5.97 Å². The maximum Gasteiger partial charge on any atom is 0.339 e. The highest BCUT2D eigenvalue weighted by atomic mass is 16.4. The van der Waals surface area contributed by atoms with Crippen LogP contribution in [0, 0.1) is 6.92 Å². The lowest BCUT2D eigenvalue weighted by molar-refractivity contribution is 0.0695. The predicted octanol–water partition coefficient (Wildman–Crippen LogP) is 0.418. The normalized spacial score (nSPS) is 23.6. The molecule has 1 aromatic rings. The van der Waals surface area contributed by atoms with Gasteiger partial charge in [0.1, 0.15) is 0 Å². The molecular formula is C10H13N3O3. The maximum absolute atomic E-state index is 10.7. The number of hydrogen-bond donors (Lipinski definition) is 3. The van der Waals surface area contributed by atoms with Crippen molar-refractivity contribution < 1.29 is 15.0 Å². The van der Waals surface area contributed by atoms with Gasteiger partial charge in [0.15, 0.2) is 0 Å². The summed E-state index contributed by atoms with van der Waals surface area (Å²) in [5.41, 5.74) is 0.545. The maximum atomic E-state index is 10.7. The number of aryl methyl sites for hydroxylation is 1. The van der Waals surface area contributed by atoms with Crippen molar-refractivity contribution in [1.82, 2.24) is 9.97 Å². The van der Waals surface area contributed by atoms with Crippen LogP contribution in [-0.4, -0.2) is 38.3 Å². The number of carboxylic acids is 1. The highest BCUT2D eigenvalue weighted by Crippen LogP contribution is 2.22. The van der Waals surface area contributed by atoms with Crippen molar-refractivity contribution in [3.8, 4) is 0 Å². The van der Waals surface area contributed by atoms with Crippen molar-refractivity contribution in [2.45, 2.75) is 31.9 Å². The van der Waals surface area contributed by atoms with Gasteiger partial charge in [0.25, 0.3) is 0 Å². The first-order chi connectivity index (χ1) is 7.56. The van der Waals surface area contributed by atoms with E-state index in [0.717, 1.165) is 0 Å². The Morgan fingerprint density at radius 3 is 2.75 bits per heavy atom. The Bertz CT molecular complexity index is 416. The molecule has 86 valence electrons. The smallest absolute Gasteiger partial charge is 0.339 e. The summed E-state index contributed by atoms with van der Waals surface area (Å²) in [6.07, 6.45) is 2.42. The van der Waals surface area contributed by atoms with E-state index in [2.05, 4.69) is 15.3 Å². The van der Waals surface area contributed by atoms with Crippen molar-refractivity contribution in [3.05, 3.63) is 17.5 Å². The number of hydrogen-bond acceptors (Lipinski definition) is 5.